The van der Waals surface area contributed by atoms with Crippen molar-refractivity contribution in [2.24, 2.45) is 0 Å². The molecular weight excluding hydrogens is 286 g/mol. The molecule has 0 aliphatic carbocycles. The summed E-state index contributed by atoms with van der Waals surface area (Å²) in [5.74, 6) is 0.0126. The summed E-state index contributed by atoms with van der Waals surface area (Å²) in [5, 5.41) is 4.04. The van der Waals surface area contributed by atoms with Gasteiger partial charge in [0, 0.05) is 34.1 Å². The van der Waals surface area contributed by atoms with E-state index in [-0.39, 0.29) is 5.91 Å². The molecule has 1 aromatic heterocycles. The number of aromatic amines is 1. The molecule has 0 fully saturated rings. The van der Waals surface area contributed by atoms with E-state index < -0.39 is 0 Å². The van der Waals surface area contributed by atoms with E-state index in [1.165, 1.54) is 21.6 Å². The Hall–Kier alpha value is -2.59. The number of aromatic nitrogens is 1. The Morgan fingerprint density at radius 1 is 1.13 bits per heavy atom. The average molecular weight is 306 g/mol. The van der Waals surface area contributed by atoms with Crippen molar-refractivity contribution < 1.29 is 9.69 Å². The summed E-state index contributed by atoms with van der Waals surface area (Å²) in [5.41, 5.74) is 6.59. The van der Waals surface area contributed by atoms with E-state index in [1.807, 2.05) is 18.2 Å². The molecule has 1 amide bonds. The predicted octanol–water partition coefficient (Wildman–Crippen LogP) is 1.72. The van der Waals surface area contributed by atoms with E-state index in [1.54, 1.807) is 0 Å². The van der Waals surface area contributed by atoms with E-state index in [0.29, 0.717) is 6.54 Å². The molecule has 3 N–H and O–H groups in total. The molecule has 1 aliphatic heterocycles. The first-order valence-corrected chi connectivity index (χ1v) is 7.93. The summed E-state index contributed by atoms with van der Waals surface area (Å²) < 4.78 is 0. The average Bonchev–Trinajstić information content (AvgIpc) is 2.91. The summed E-state index contributed by atoms with van der Waals surface area (Å²) in [6.07, 6.45) is 0. The Bertz CT molecular complexity index is 908. The van der Waals surface area contributed by atoms with E-state index in [2.05, 4.69) is 48.7 Å². The van der Waals surface area contributed by atoms with Crippen molar-refractivity contribution in [1.82, 2.24) is 10.3 Å². The number of nitrogens with one attached hydrogen (secondary N) is 3. The molecule has 2 aromatic carbocycles. The van der Waals surface area contributed by atoms with Crippen LogP contribution < -0.4 is 10.2 Å². The summed E-state index contributed by atoms with van der Waals surface area (Å²) in [4.78, 5) is 17.0. The van der Waals surface area contributed by atoms with Gasteiger partial charge in [-0.1, -0.05) is 24.3 Å². The second-order valence-electron chi connectivity index (χ2n) is 6.47. The van der Waals surface area contributed by atoms with Crippen LogP contribution in [0.3, 0.4) is 0 Å². The number of H-pyrrole nitrogens is 1. The van der Waals surface area contributed by atoms with Gasteiger partial charge >= 0.3 is 0 Å². The molecule has 23 heavy (non-hydrogen) atoms. The van der Waals surface area contributed by atoms with Crippen LogP contribution in [0.1, 0.15) is 21.5 Å². The van der Waals surface area contributed by atoms with Gasteiger partial charge in [0.25, 0.3) is 5.91 Å². The molecule has 0 atom stereocenters. The largest absolute Gasteiger partial charge is 0.354 e. The molecule has 116 valence electrons. The fourth-order valence-electron chi connectivity index (χ4n) is 3.44. The van der Waals surface area contributed by atoms with Crippen molar-refractivity contribution in [2.45, 2.75) is 13.1 Å². The van der Waals surface area contributed by atoms with Crippen molar-refractivity contribution in [3.63, 3.8) is 0 Å². The van der Waals surface area contributed by atoms with Gasteiger partial charge in [-0.15, -0.1) is 0 Å². The highest BCUT2D eigenvalue weighted by Gasteiger charge is 2.23. The van der Waals surface area contributed by atoms with Crippen molar-refractivity contribution in [1.29, 1.82) is 0 Å². The number of quaternary nitrogens is 1. The summed E-state index contributed by atoms with van der Waals surface area (Å²) in [6, 6.07) is 14.5. The molecule has 0 saturated carbocycles. The number of hydrogen-bond acceptors (Lipinski definition) is 1. The van der Waals surface area contributed by atoms with Gasteiger partial charge in [-0.25, -0.2) is 0 Å². The molecule has 3 aromatic rings. The standard InChI is InChI=1S/C19H19N3O/c1-22(2)11-12-5-3-6-13(9-12)18-15-10-20-19(23)14-7-4-8-16(21-18)17(14)15/h3-9,21H,10-11H2,1-2H3,(H,20,23)/p+1. The van der Waals surface area contributed by atoms with E-state index >= 15 is 0 Å². The fourth-order valence-corrected chi connectivity index (χ4v) is 3.44. The molecule has 0 radical (unpaired) electrons. The maximum atomic E-state index is 12.1. The van der Waals surface area contributed by atoms with Crippen LogP contribution in [0.4, 0.5) is 0 Å². The van der Waals surface area contributed by atoms with Crippen molar-refractivity contribution in [2.75, 3.05) is 14.1 Å². The van der Waals surface area contributed by atoms with Crippen LogP contribution in [0.2, 0.25) is 0 Å². The zero-order valence-electron chi connectivity index (χ0n) is 13.4. The van der Waals surface area contributed by atoms with Gasteiger partial charge in [0.1, 0.15) is 6.54 Å². The topological polar surface area (TPSA) is 49.3 Å². The third-order valence-corrected chi connectivity index (χ3v) is 4.37. The lowest BCUT2D eigenvalue weighted by molar-refractivity contribution is -0.872. The monoisotopic (exact) mass is 306 g/mol. The van der Waals surface area contributed by atoms with Crippen LogP contribution in [0.15, 0.2) is 42.5 Å². The second kappa shape index (κ2) is 5.25. The van der Waals surface area contributed by atoms with E-state index in [0.717, 1.165) is 28.7 Å². The van der Waals surface area contributed by atoms with Gasteiger partial charge in [0.2, 0.25) is 0 Å². The third-order valence-electron chi connectivity index (χ3n) is 4.37. The predicted molar refractivity (Wildman–Crippen MR) is 91.4 cm³/mol. The molecular formula is C19H20N3O+. The van der Waals surface area contributed by atoms with Crippen molar-refractivity contribution in [3.05, 3.63) is 59.2 Å². The highest BCUT2D eigenvalue weighted by Crippen LogP contribution is 2.34. The van der Waals surface area contributed by atoms with Gasteiger partial charge in [0.15, 0.2) is 0 Å². The number of carbonyl (C=O) groups excluding carboxylic acids is 1. The number of benzene rings is 2. The van der Waals surface area contributed by atoms with Gasteiger partial charge in [-0.3, -0.25) is 4.79 Å². The van der Waals surface area contributed by atoms with E-state index in [9.17, 15) is 4.79 Å². The third kappa shape index (κ3) is 2.32. The van der Waals surface area contributed by atoms with Gasteiger partial charge in [-0.2, -0.15) is 0 Å². The minimum atomic E-state index is 0.0126. The molecule has 0 unspecified atom stereocenters. The van der Waals surface area contributed by atoms with Gasteiger partial charge in [0.05, 0.1) is 19.8 Å². The number of carbonyl (C=O) groups is 1. The van der Waals surface area contributed by atoms with Crippen LogP contribution in [-0.4, -0.2) is 25.0 Å². The summed E-state index contributed by atoms with van der Waals surface area (Å²) in [6.45, 7) is 1.57. The van der Waals surface area contributed by atoms with E-state index in [4.69, 9.17) is 0 Å². The number of rotatable bonds is 3. The summed E-state index contributed by atoms with van der Waals surface area (Å²) >= 11 is 0. The molecule has 4 nitrogen and oxygen atoms in total. The Labute approximate surface area is 135 Å². The fraction of sp³-hybridized carbons (Fsp3) is 0.211. The smallest absolute Gasteiger partial charge is 0.252 e. The molecule has 0 bridgehead atoms. The molecule has 0 spiro atoms. The maximum absolute atomic E-state index is 12.1. The Balaban J connectivity index is 1.89. The molecule has 4 heteroatoms. The first-order valence-electron chi connectivity index (χ1n) is 7.93. The van der Waals surface area contributed by atoms with Crippen molar-refractivity contribution >= 4 is 16.8 Å². The minimum Gasteiger partial charge on any atom is -0.354 e. The zero-order valence-corrected chi connectivity index (χ0v) is 13.4. The normalized spacial score (nSPS) is 13.6. The first kappa shape index (κ1) is 14.0. The summed E-state index contributed by atoms with van der Waals surface area (Å²) in [7, 11) is 4.31. The second-order valence-corrected chi connectivity index (χ2v) is 6.47. The SMILES string of the molecule is C[NH+](C)Cc1cccc(-c2[nH]c3cccc4c3c2CNC4=O)c1. The Morgan fingerprint density at radius 3 is 2.78 bits per heavy atom. The molecule has 2 heterocycles. The first-order chi connectivity index (χ1) is 11.1. The quantitative estimate of drug-likeness (QED) is 0.678. The highest BCUT2D eigenvalue weighted by atomic mass is 16.1. The van der Waals surface area contributed by atoms with Gasteiger partial charge < -0.3 is 15.2 Å². The molecule has 0 saturated heterocycles. The minimum absolute atomic E-state index is 0.0126. The highest BCUT2D eigenvalue weighted by molar-refractivity contribution is 6.11. The number of hydrogen-bond donors (Lipinski definition) is 3. The van der Waals surface area contributed by atoms with Crippen LogP contribution in [0.25, 0.3) is 22.2 Å². The van der Waals surface area contributed by atoms with Crippen molar-refractivity contribution in [3.8, 4) is 11.3 Å². The van der Waals surface area contributed by atoms with Crippen LogP contribution in [-0.2, 0) is 13.1 Å². The zero-order chi connectivity index (χ0) is 16.0. The maximum Gasteiger partial charge on any atom is 0.252 e. The lowest BCUT2D eigenvalue weighted by Gasteiger charge is -2.15. The number of amides is 1. The molecule has 4 rings (SSSR count). The molecule has 1 aliphatic rings. The van der Waals surface area contributed by atoms with Gasteiger partial charge in [-0.05, 0) is 23.8 Å². The van der Waals surface area contributed by atoms with Crippen LogP contribution in [0, 0.1) is 0 Å². The van der Waals surface area contributed by atoms with Crippen LogP contribution >= 0.6 is 0 Å². The Kier molecular flexibility index (Phi) is 3.20. The lowest BCUT2D eigenvalue weighted by atomic mass is 9.97. The lowest BCUT2D eigenvalue weighted by Crippen LogP contribution is -3.04. The Morgan fingerprint density at radius 2 is 1.96 bits per heavy atom. The van der Waals surface area contributed by atoms with Crippen LogP contribution in [0.5, 0.6) is 0 Å².